The van der Waals surface area contributed by atoms with E-state index in [-0.39, 0.29) is 4.90 Å². The summed E-state index contributed by atoms with van der Waals surface area (Å²) in [5.74, 6) is -0.599. The normalized spacial score (nSPS) is 13.8. The molecule has 2 aromatic rings. The molecule has 0 saturated carbocycles. The van der Waals surface area contributed by atoms with E-state index in [0.29, 0.717) is 11.5 Å². The van der Waals surface area contributed by atoms with Gasteiger partial charge in [-0.25, -0.2) is 13.9 Å². The molecule has 0 aliphatic heterocycles. The minimum Gasteiger partial charge on any atom is -0.457 e. The zero-order chi connectivity index (χ0) is 23.2. The Hall–Kier alpha value is -2.46. The second kappa shape index (κ2) is 10.2. The summed E-state index contributed by atoms with van der Waals surface area (Å²) >= 11 is 0. The van der Waals surface area contributed by atoms with Crippen molar-refractivity contribution in [1.82, 2.24) is 15.7 Å². The predicted molar refractivity (Wildman–Crippen MR) is 119 cm³/mol. The number of carbonyl (C=O) groups is 1. The molecule has 0 radical (unpaired) electrons. The van der Waals surface area contributed by atoms with Gasteiger partial charge in [0.15, 0.2) is 0 Å². The lowest BCUT2D eigenvalue weighted by Gasteiger charge is -2.34. The van der Waals surface area contributed by atoms with Gasteiger partial charge in [0, 0.05) is 6.54 Å². The summed E-state index contributed by atoms with van der Waals surface area (Å²) in [7, 11) is 1.25. The number of ether oxygens (including phenoxy) is 1. The molecule has 1 atom stereocenters. The van der Waals surface area contributed by atoms with Gasteiger partial charge in [0.25, 0.3) is 5.91 Å². The van der Waals surface area contributed by atoms with Crippen LogP contribution in [0.2, 0.25) is 0 Å². The molecule has 0 unspecified atom stereocenters. The summed E-state index contributed by atoms with van der Waals surface area (Å²) in [4.78, 5) is 12.3. The number of carbonyl (C=O) groups excluding carboxylic acids is 1. The minimum atomic E-state index is -4.17. The van der Waals surface area contributed by atoms with Gasteiger partial charge in [-0.2, -0.15) is 0 Å². The first-order valence-corrected chi connectivity index (χ1v) is 11.5. The largest absolute Gasteiger partial charge is 0.457 e. The van der Waals surface area contributed by atoms with Crippen LogP contribution in [0.5, 0.6) is 11.5 Å². The van der Waals surface area contributed by atoms with Crippen molar-refractivity contribution >= 4 is 15.7 Å². The van der Waals surface area contributed by atoms with Crippen molar-refractivity contribution in [2.24, 2.45) is 5.92 Å². The third-order valence-corrected chi connectivity index (χ3v) is 7.79. The van der Waals surface area contributed by atoms with Crippen LogP contribution in [0.3, 0.4) is 0 Å². The molecule has 0 heterocycles. The SMILES string of the molecule is CN[C@](C(=O)NO)(C(C)C)S(=O)(=O)c1ccc(Oc2ccc(CCN(C)C)cc2)cc1. The van der Waals surface area contributed by atoms with Gasteiger partial charge in [0.05, 0.1) is 4.90 Å². The Morgan fingerprint density at radius 2 is 1.58 bits per heavy atom. The van der Waals surface area contributed by atoms with E-state index < -0.39 is 26.5 Å². The Labute approximate surface area is 184 Å². The van der Waals surface area contributed by atoms with Crippen molar-refractivity contribution in [1.29, 1.82) is 0 Å². The first kappa shape index (κ1) is 24.8. The molecule has 2 aromatic carbocycles. The average molecular weight is 450 g/mol. The van der Waals surface area contributed by atoms with Crippen molar-refractivity contribution in [2.45, 2.75) is 30.0 Å². The zero-order valence-corrected chi connectivity index (χ0v) is 19.4. The number of nitrogens with one attached hydrogen (secondary N) is 2. The fourth-order valence-electron chi connectivity index (χ4n) is 3.40. The van der Waals surface area contributed by atoms with E-state index in [1.165, 1.54) is 42.4 Å². The maximum absolute atomic E-state index is 13.3. The van der Waals surface area contributed by atoms with Crippen LogP contribution in [0.25, 0.3) is 0 Å². The fourth-order valence-corrected chi connectivity index (χ4v) is 5.45. The number of hydrogen-bond acceptors (Lipinski definition) is 7. The summed E-state index contributed by atoms with van der Waals surface area (Å²) in [6, 6.07) is 13.6. The van der Waals surface area contributed by atoms with Crippen LogP contribution in [0.1, 0.15) is 19.4 Å². The molecule has 0 aliphatic carbocycles. The molecule has 0 aromatic heterocycles. The van der Waals surface area contributed by atoms with Gasteiger partial charge in [-0.05, 0) is 75.4 Å². The molecule has 1 amide bonds. The second-order valence-electron chi connectivity index (χ2n) is 7.86. The van der Waals surface area contributed by atoms with Gasteiger partial charge in [0.2, 0.25) is 14.7 Å². The molecule has 0 saturated heterocycles. The van der Waals surface area contributed by atoms with Crippen LogP contribution in [0.15, 0.2) is 53.4 Å². The number of rotatable bonds is 10. The van der Waals surface area contributed by atoms with Crippen molar-refractivity contribution in [3.05, 3.63) is 54.1 Å². The van der Waals surface area contributed by atoms with E-state index >= 15 is 0 Å². The van der Waals surface area contributed by atoms with Crippen molar-refractivity contribution in [3.63, 3.8) is 0 Å². The second-order valence-corrected chi connectivity index (χ2v) is 9.98. The lowest BCUT2D eigenvalue weighted by atomic mass is 10.0. The summed E-state index contributed by atoms with van der Waals surface area (Å²) in [6.45, 7) is 4.13. The summed E-state index contributed by atoms with van der Waals surface area (Å²) in [5.41, 5.74) is 2.67. The van der Waals surface area contributed by atoms with Gasteiger partial charge in [-0.1, -0.05) is 26.0 Å². The van der Waals surface area contributed by atoms with E-state index in [1.54, 1.807) is 13.8 Å². The van der Waals surface area contributed by atoms with Crippen LogP contribution in [-0.2, 0) is 21.1 Å². The predicted octanol–water partition coefficient (Wildman–Crippen LogP) is 2.43. The Morgan fingerprint density at radius 3 is 2.00 bits per heavy atom. The number of likely N-dealkylation sites (N-methyl/N-ethyl adjacent to an activating group) is 2. The third-order valence-electron chi connectivity index (χ3n) is 5.19. The number of hydrogen-bond donors (Lipinski definition) is 3. The van der Waals surface area contributed by atoms with Gasteiger partial charge in [-0.15, -0.1) is 0 Å². The number of hydroxylamine groups is 1. The maximum Gasteiger partial charge on any atom is 0.279 e. The average Bonchev–Trinajstić information content (AvgIpc) is 2.73. The Morgan fingerprint density at radius 1 is 1.06 bits per heavy atom. The first-order valence-electron chi connectivity index (χ1n) is 9.98. The summed E-state index contributed by atoms with van der Waals surface area (Å²) in [6.07, 6.45) is 0.935. The van der Waals surface area contributed by atoms with E-state index in [2.05, 4.69) is 10.2 Å². The van der Waals surface area contributed by atoms with Crippen LogP contribution >= 0.6 is 0 Å². The summed E-state index contributed by atoms with van der Waals surface area (Å²) in [5, 5.41) is 11.7. The molecule has 8 nitrogen and oxygen atoms in total. The molecule has 3 N–H and O–H groups in total. The zero-order valence-electron chi connectivity index (χ0n) is 18.5. The van der Waals surface area contributed by atoms with Crippen LogP contribution in [-0.4, -0.2) is 57.0 Å². The Kier molecular flexibility index (Phi) is 8.19. The third kappa shape index (κ3) is 5.24. The standard InChI is InChI=1S/C22H31N3O5S/c1-16(2)22(23-3,21(26)24-27)31(28,29)20-12-10-19(11-13-20)30-18-8-6-17(7-9-18)14-15-25(4)5/h6-13,16,23,27H,14-15H2,1-5H3,(H,24,26)/t22-/m1/s1. The van der Waals surface area contributed by atoms with Crippen LogP contribution in [0.4, 0.5) is 0 Å². The molecule has 0 bridgehead atoms. The van der Waals surface area contributed by atoms with Crippen molar-refractivity contribution < 1.29 is 23.2 Å². The fraction of sp³-hybridized carbons (Fsp3) is 0.409. The van der Waals surface area contributed by atoms with Crippen LogP contribution in [0, 0.1) is 5.92 Å². The molecule has 170 valence electrons. The first-order chi connectivity index (χ1) is 14.6. The number of amides is 1. The molecule has 0 fully saturated rings. The van der Waals surface area contributed by atoms with Crippen LogP contribution < -0.4 is 15.5 Å². The highest BCUT2D eigenvalue weighted by atomic mass is 32.2. The lowest BCUT2D eigenvalue weighted by Crippen LogP contribution is -2.63. The highest BCUT2D eigenvalue weighted by molar-refractivity contribution is 7.93. The van der Waals surface area contributed by atoms with Gasteiger partial charge >= 0.3 is 0 Å². The number of benzene rings is 2. The lowest BCUT2D eigenvalue weighted by molar-refractivity contribution is -0.134. The molecule has 0 spiro atoms. The molecular formula is C22H31N3O5S. The minimum absolute atomic E-state index is 0.0643. The summed E-state index contributed by atoms with van der Waals surface area (Å²) < 4.78 is 32.3. The Balaban J connectivity index is 2.23. The molecular weight excluding hydrogens is 418 g/mol. The number of nitrogens with zero attached hydrogens (tertiary/aromatic N) is 1. The molecule has 2 rings (SSSR count). The van der Waals surface area contributed by atoms with E-state index in [0.717, 1.165) is 13.0 Å². The highest BCUT2D eigenvalue weighted by Crippen LogP contribution is 2.32. The van der Waals surface area contributed by atoms with Crippen molar-refractivity contribution in [2.75, 3.05) is 27.7 Å². The van der Waals surface area contributed by atoms with Crippen molar-refractivity contribution in [3.8, 4) is 11.5 Å². The number of sulfone groups is 1. The van der Waals surface area contributed by atoms with Gasteiger partial charge < -0.3 is 9.64 Å². The maximum atomic E-state index is 13.3. The topological polar surface area (TPSA) is 108 Å². The monoisotopic (exact) mass is 449 g/mol. The molecule has 0 aliphatic rings. The Bertz CT molecular complexity index is 973. The van der Waals surface area contributed by atoms with Gasteiger partial charge in [-0.3, -0.25) is 15.3 Å². The molecule has 9 heteroatoms. The van der Waals surface area contributed by atoms with Gasteiger partial charge in [0.1, 0.15) is 11.5 Å². The smallest absolute Gasteiger partial charge is 0.279 e. The quantitative estimate of drug-likeness (QED) is 0.378. The van der Waals surface area contributed by atoms with E-state index in [9.17, 15) is 13.2 Å². The van der Waals surface area contributed by atoms with E-state index in [4.69, 9.17) is 9.94 Å². The molecule has 31 heavy (non-hydrogen) atoms. The van der Waals surface area contributed by atoms with E-state index in [1.807, 2.05) is 38.4 Å². The highest BCUT2D eigenvalue weighted by Gasteiger charge is 2.53.